The normalized spacial score (nSPS) is 12.6. The first-order valence-electron chi connectivity index (χ1n) is 23.0. The number of phenols is 1. The lowest BCUT2D eigenvalue weighted by molar-refractivity contribution is 0.446. The molecular formula is C61H61N3O. The van der Waals surface area contributed by atoms with E-state index < -0.39 is 0 Å². The third kappa shape index (κ3) is 8.16. The van der Waals surface area contributed by atoms with Crippen molar-refractivity contribution in [3.05, 3.63) is 192 Å². The summed E-state index contributed by atoms with van der Waals surface area (Å²) >= 11 is 0. The molecule has 0 amide bonds. The summed E-state index contributed by atoms with van der Waals surface area (Å²) in [6.45, 7) is 24.6. The summed E-state index contributed by atoms with van der Waals surface area (Å²) in [5.41, 5.74) is 15.0. The fourth-order valence-corrected chi connectivity index (χ4v) is 9.20. The summed E-state index contributed by atoms with van der Waals surface area (Å²) in [5.74, 6) is 0.971. The average Bonchev–Trinajstić information content (AvgIpc) is 3.67. The first-order valence-corrected chi connectivity index (χ1v) is 23.0. The van der Waals surface area contributed by atoms with E-state index in [9.17, 15) is 5.11 Å². The van der Waals surface area contributed by atoms with E-state index in [4.69, 9.17) is 9.97 Å². The van der Waals surface area contributed by atoms with Crippen molar-refractivity contribution in [2.45, 2.75) is 97.8 Å². The Bertz CT molecular complexity index is 3220. The number of benzene rings is 7. The highest BCUT2D eigenvalue weighted by Gasteiger charge is 2.29. The van der Waals surface area contributed by atoms with Gasteiger partial charge in [-0.3, -0.25) is 9.55 Å². The maximum Gasteiger partial charge on any atom is 0.149 e. The molecule has 326 valence electrons. The lowest BCUT2D eigenvalue weighted by Gasteiger charge is -2.27. The molecule has 4 nitrogen and oxygen atoms in total. The molecule has 65 heavy (non-hydrogen) atoms. The lowest BCUT2D eigenvalue weighted by Crippen LogP contribution is -2.18. The molecule has 9 rings (SSSR count). The Hall–Kier alpha value is -6.78. The zero-order valence-electron chi connectivity index (χ0n) is 39.9. The van der Waals surface area contributed by atoms with E-state index in [2.05, 4.69) is 238 Å². The Morgan fingerprint density at radius 3 is 1.80 bits per heavy atom. The summed E-state index contributed by atoms with van der Waals surface area (Å²) in [7, 11) is 0. The third-order valence-corrected chi connectivity index (χ3v) is 13.3. The molecule has 0 aliphatic rings. The Labute approximate surface area is 385 Å². The van der Waals surface area contributed by atoms with Crippen LogP contribution in [0.4, 0.5) is 0 Å². The van der Waals surface area contributed by atoms with Gasteiger partial charge in [0.2, 0.25) is 0 Å². The van der Waals surface area contributed by atoms with Crippen LogP contribution >= 0.6 is 0 Å². The number of pyridine rings is 1. The molecule has 0 unspecified atom stereocenters. The van der Waals surface area contributed by atoms with Crippen LogP contribution in [-0.2, 0) is 21.7 Å². The summed E-state index contributed by atoms with van der Waals surface area (Å²) in [5, 5.41) is 14.6. The van der Waals surface area contributed by atoms with Gasteiger partial charge in [-0.2, -0.15) is 0 Å². The Kier molecular flexibility index (Phi) is 10.7. The first-order chi connectivity index (χ1) is 30.8. The van der Waals surface area contributed by atoms with Crippen LogP contribution in [0, 0.1) is 0 Å². The molecule has 4 heteroatoms. The van der Waals surface area contributed by atoms with Gasteiger partial charge in [0.25, 0.3) is 0 Å². The molecule has 0 aliphatic carbocycles. The van der Waals surface area contributed by atoms with Crippen LogP contribution < -0.4 is 0 Å². The number of rotatable bonds is 7. The molecule has 0 atom stereocenters. The second-order valence-electron chi connectivity index (χ2n) is 21.4. The zero-order chi connectivity index (χ0) is 46.1. The highest BCUT2D eigenvalue weighted by atomic mass is 16.3. The molecule has 0 bridgehead atoms. The van der Waals surface area contributed by atoms with Gasteiger partial charge in [0.15, 0.2) is 0 Å². The zero-order valence-corrected chi connectivity index (χ0v) is 39.9. The third-order valence-electron chi connectivity index (χ3n) is 13.3. The highest BCUT2D eigenvalue weighted by Crippen LogP contribution is 2.45. The summed E-state index contributed by atoms with van der Waals surface area (Å²) in [6.07, 6.45) is 1.93. The average molecular weight is 852 g/mol. The van der Waals surface area contributed by atoms with Crippen molar-refractivity contribution in [3.63, 3.8) is 0 Å². The van der Waals surface area contributed by atoms with Gasteiger partial charge in [0, 0.05) is 33.7 Å². The fraction of sp³-hybridized carbons (Fsp3) is 0.246. The first kappa shape index (κ1) is 43.5. The van der Waals surface area contributed by atoms with Crippen LogP contribution in [0.25, 0.3) is 72.4 Å². The Balaban J connectivity index is 1.24. The van der Waals surface area contributed by atoms with E-state index in [1.54, 1.807) is 0 Å². The summed E-state index contributed by atoms with van der Waals surface area (Å²) in [4.78, 5) is 10.6. The molecule has 9 aromatic rings. The van der Waals surface area contributed by atoms with Gasteiger partial charge in [-0.15, -0.1) is 0 Å². The maximum atomic E-state index is 12.4. The lowest BCUT2D eigenvalue weighted by atomic mass is 9.78. The number of hydrogen-bond acceptors (Lipinski definition) is 3. The predicted molar refractivity (Wildman–Crippen MR) is 274 cm³/mol. The predicted octanol–water partition coefficient (Wildman–Crippen LogP) is 16.2. The van der Waals surface area contributed by atoms with Crippen molar-refractivity contribution in [1.82, 2.24) is 14.5 Å². The number of fused-ring (bicyclic) bond motifs is 2. The van der Waals surface area contributed by atoms with E-state index in [-0.39, 0.29) is 27.4 Å². The molecule has 2 heterocycles. The van der Waals surface area contributed by atoms with Crippen LogP contribution in [-0.4, -0.2) is 19.6 Å². The molecule has 0 saturated heterocycles. The van der Waals surface area contributed by atoms with Crippen LogP contribution in [0.1, 0.15) is 104 Å². The maximum absolute atomic E-state index is 12.4. The fourth-order valence-electron chi connectivity index (χ4n) is 9.20. The molecule has 0 aliphatic heterocycles. The van der Waals surface area contributed by atoms with Gasteiger partial charge in [-0.25, -0.2) is 4.98 Å². The molecule has 2 aromatic heterocycles. The quantitative estimate of drug-likeness (QED) is 0.174. The number of phenolic OH excluding ortho intramolecular Hbond substituents is 1. The minimum absolute atomic E-state index is 0.118. The monoisotopic (exact) mass is 851 g/mol. The molecule has 1 N–H and O–H groups in total. The van der Waals surface area contributed by atoms with E-state index in [1.165, 1.54) is 16.7 Å². The number of nitrogens with zero attached hydrogens (tertiary/aromatic N) is 3. The smallest absolute Gasteiger partial charge is 0.149 e. The number of hydrogen-bond donors (Lipinski definition) is 1. The van der Waals surface area contributed by atoms with E-state index >= 15 is 0 Å². The number of imidazole rings is 1. The number of aromatic nitrogens is 3. The van der Waals surface area contributed by atoms with E-state index in [0.29, 0.717) is 5.82 Å². The standard InChI is InChI=1S/C61H61N3O/c1-58(2,3)46-34-42(33-43(35-46)52-36-41(31-32-62-52)39-27-29-45(30-28-39)61(10,11)44-21-13-12-14-22-44)49-24-18-26-54-55(49)63-57(64(54)53-25-17-20-40-19-15-16-23-48(40)53)50-37-47(59(4,5)6)38-51(56(50)65)60(7,8)9/h12-38,65H,1-11H3. The Morgan fingerprint density at radius 1 is 0.462 bits per heavy atom. The van der Waals surface area contributed by atoms with Crippen LogP contribution in [0.2, 0.25) is 0 Å². The highest BCUT2D eigenvalue weighted by molar-refractivity contribution is 6.00. The molecular weight excluding hydrogens is 791 g/mol. The van der Waals surface area contributed by atoms with Crippen molar-refractivity contribution in [1.29, 1.82) is 0 Å². The number of aromatic hydroxyl groups is 1. The number of para-hydroxylation sites is 1. The van der Waals surface area contributed by atoms with Gasteiger partial charge in [0.05, 0.1) is 28.0 Å². The van der Waals surface area contributed by atoms with Gasteiger partial charge < -0.3 is 5.11 Å². The molecule has 0 saturated carbocycles. The van der Waals surface area contributed by atoms with Crippen molar-refractivity contribution < 1.29 is 5.11 Å². The second-order valence-corrected chi connectivity index (χ2v) is 21.4. The van der Waals surface area contributed by atoms with Gasteiger partial charge in [-0.05, 0) is 103 Å². The van der Waals surface area contributed by atoms with E-state index in [1.807, 2.05) is 6.20 Å². The largest absolute Gasteiger partial charge is 0.507 e. The van der Waals surface area contributed by atoms with Gasteiger partial charge in [0.1, 0.15) is 11.6 Å². The minimum atomic E-state index is -0.306. The van der Waals surface area contributed by atoms with Crippen LogP contribution in [0.15, 0.2) is 164 Å². The van der Waals surface area contributed by atoms with Crippen LogP contribution in [0.3, 0.4) is 0 Å². The van der Waals surface area contributed by atoms with Gasteiger partial charge in [-0.1, -0.05) is 191 Å². The van der Waals surface area contributed by atoms with Crippen molar-refractivity contribution in [3.8, 4) is 56.3 Å². The molecule has 0 fully saturated rings. The SMILES string of the molecule is CC(C)(C)c1cc(-c2cc(-c3ccc(C(C)(C)c4ccccc4)cc3)ccn2)cc(-c2cccc3c2nc(-c2cc(C(C)(C)C)cc(C(C)(C)C)c2O)n3-c2cccc3ccccc23)c1. The molecule has 7 aromatic carbocycles. The topological polar surface area (TPSA) is 50.9 Å². The minimum Gasteiger partial charge on any atom is -0.507 e. The Morgan fingerprint density at radius 2 is 1.09 bits per heavy atom. The van der Waals surface area contributed by atoms with Crippen molar-refractivity contribution in [2.75, 3.05) is 0 Å². The molecule has 0 radical (unpaired) electrons. The summed E-state index contributed by atoms with van der Waals surface area (Å²) in [6, 6.07) is 56.7. The summed E-state index contributed by atoms with van der Waals surface area (Å²) < 4.78 is 2.26. The van der Waals surface area contributed by atoms with Crippen LogP contribution in [0.5, 0.6) is 5.75 Å². The second kappa shape index (κ2) is 16.0. The van der Waals surface area contributed by atoms with Crippen molar-refractivity contribution >= 4 is 21.8 Å². The molecule has 0 spiro atoms. The van der Waals surface area contributed by atoms with Crippen molar-refractivity contribution in [2.24, 2.45) is 0 Å². The van der Waals surface area contributed by atoms with E-state index in [0.717, 1.165) is 77.7 Å². The van der Waals surface area contributed by atoms with Gasteiger partial charge >= 0.3 is 0 Å².